The van der Waals surface area contributed by atoms with E-state index in [1.807, 2.05) is 13.1 Å². The summed E-state index contributed by atoms with van der Waals surface area (Å²) in [6.07, 6.45) is 7.40. The number of nitrogen functional groups attached to an aromatic ring is 1. The Labute approximate surface area is 121 Å². The van der Waals surface area contributed by atoms with Crippen molar-refractivity contribution in [3.05, 3.63) is 18.1 Å². The SMILES string of the molecule is C#C[C@]1(CO)O[C@@H](n2cc(C)c3c(N)ncnc32)C[C@@H]1O. The van der Waals surface area contributed by atoms with E-state index >= 15 is 0 Å². The van der Waals surface area contributed by atoms with Crippen LogP contribution in [0.4, 0.5) is 5.82 Å². The first-order valence-corrected chi connectivity index (χ1v) is 6.54. The Kier molecular flexibility index (Phi) is 3.10. The molecule has 3 heterocycles. The van der Waals surface area contributed by atoms with Crippen molar-refractivity contribution >= 4 is 16.9 Å². The lowest BCUT2D eigenvalue weighted by atomic mass is 9.99. The highest BCUT2D eigenvalue weighted by Gasteiger charge is 2.47. The first-order chi connectivity index (χ1) is 10.0. The van der Waals surface area contributed by atoms with Crippen LogP contribution >= 0.6 is 0 Å². The minimum atomic E-state index is -1.38. The number of hydrogen-bond donors (Lipinski definition) is 3. The molecule has 0 unspecified atom stereocenters. The minimum absolute atomic E-state index is 0.262. The molecule has 1 aliphatic rings. The predicted molar refractivity (Wildman–Crippen MR) is 76.1 cm³/mol. The van der Waals surface area contributed by atoms with E-state index in [1.54, 1.807) is 4.57 Å². The van der Waals surface area contributed by atoms with Gasteiger partial charge in [-0.05, 0) is 12.5 Å². The van der Waals surface area contributed by atoms with Crippen LogP contribution < -0.4 is 5.73 Å². The molecule has 7 nitrogen and oxygen atoms in total. The number of ether oxygens (including phenoxy) is 1. The van der Waals surface area contributed by atoms with Crippen LogP contribution in [0.3, 0.4) is 0 Å². The van der Waals surface area contributed by atoms with Crippen molar-refractivity contribution in [3.63, 3.8) is 0 Å². The van der Waals surface area contributed by atoms with Crippen molar-refractivity contribution in [1.82, 2.24) is 14.5 Å². The molecule has 0 aromatic carbocycles. The number of aliphatic hydroxyl groups is 2. The first-order valence-electron chi connectivity index (χ1n) is 6.54. The summed E-state index contributed by atoms with van der Waals surface area (Å²) < 4.78 is 7.50. The lowest BCUT2D eigenvalue weighted by molar-refractivity contribution is -0.0890. The first kappa shape index (κ1) is 13.8. The van der Waals surface area contributed by atoms with Crippen molar-refractivity contribution in [3.8, 4) is 12.3 Å². The average molecular weight is 288 g/mol. The highest BCUT2D eigenvalue weighted by molar-refractivity contribution is 5.89. The summed E-state index contributed by atoms with van der Waals surface area (Å²) in [5, 5.41) is 20.3. The number of rotatable bonds is 2. The van der Waals surface area contributed by atoms with Gasteiger partial charge in [-0.25, -0.2) is 9.97 Å². The van der Waals surface area contributed by atoms with Crippen LogP contribution in [0.1, 0.15) is 18.2 Å². The van der Waals surface area contributed by atoms with Gasteiger partial charge in [0.25, 0.3) is 0 Å². The van der Waals surface area contributed by atoms with Crippen LogP contribution in [0.15, 0.2) is 12.5 Å². The number of terminal acetylenes is 1. The van der Waals surface area contributed by atoms with Crippen molar-refractivity contribution in [2.75, 3.05) is 12.3 Å². The smallest absolute Gasteiger partial charge is 0.179 e. The monoisotopic (exact) mass is 288 g/mol. The molecule has 2 aromatic rings. The molecule has 1 fully saturated rings. The molecule has 0 radical (unpaired) electrons. The fourth-order valence-electron chi connectivity index (χ4n) is 2.76. The Hall–Kier alpha value is -2.14. The number of hydrogen-bond acceptors (Lipinski definition) is 6. The second-order valence-electron chi connectivity index (χ2n) is 5.19. The molecule has 0 aliphatic carbocycles. The summed E-state index contributed by atoms with van der Waals surface area (Å²) in [4.78, 5) is 8.20. The molecule has 1 saturated heterocycles. The number of aliphatic hydroxyl groups excluding tert-OH is 2. The predicted octanol–water partition coefficient (Wildman–Crippen LogP) is -0.0340. The lowest BCUT2D eigenvalue weighted by Crippen LogP contribution is -2.41. The molecule has 0 spiro atoms. The Morgan fingerprint density at radius 2 is 2.38 bits per heavy atom. The summed E-state index contributed by atoms with van der Waals surface area (Å²) in [6, 6.07) is 0. The molecular formula is C14H16N4O3. The number of fused-ring (bicyclic) bond motifs is 1. The molecule has 0 bridgehead atoms. The van der Waals surface area contributed by atoms with Gasteiger partial charge in [0.1, 0.15) is 30.1 Å². The summed E-state index contributed by atoms with van der Waals surface area (Å²) in [5.74, 6) is 2.74. The minimum Gasteiger partial charge on any atom is -0.392 e. The highest BCUT2D eigenvalue weighted by atomic mass is 16.6. The van der Waals surface area contributed by atoms with Crippen molar-refractivity contribution < 1.29 is 14.9 Å². The topological polar surface area (TPSA) is 106 Å². The Morgan fingerprint density at radius 3 is 3.00 bits per heavy atom. The third-order valence-corrected chi connectivity index (χ3v) is 3.93. The third-order valence-electron chi connectivity index (χ3n) is 3.93. The zero-order valence-electron chi connectivity index (χ0n) is 11.5. The van der Waals surface area contributed by atoms with Gasteiger partial charge in [-0.1, -0.05) is 5.92 Å². The fraction of sp³-hybridized carbons (Fsp3) is 0.429. The van der Waals surface area contributed by atoms with E-state index in [9.17, 15) is 10.2 Å². The van der Waals surface area contributed by atoms with Gasteiger partial charge in [-0.15, -0.1) is 6.42 Å². The zero-order valence-corrected chi connectivity index (χ0v) is 11.5. The van der Waals surface area contributed by atoms with Gasteiger partial charge in [0.05, 0.1) is 12.0 Å². The molecule has 3 rings (SSSR count). The van der Waals surface area contributed by atoms with Gasteiger partial charge in [-0.3, -0.25) is 0 Å². The maximum atomic E-state index is 10.1. The Balaban J connectivity index is 2.08. The van der Waals surface area contributed by atoms with E-state index in [1.165, 1.54) is 6.33 Å². The van der Waals surface area contributed by atoms with Crippen molar-refractivity contribution in [2.24, 2.45) is 0 Å². The van der Waals surface area contributed by atoms with Gasteiger partial charge in [0.15, 0.2) is 5.60 Å². The van der Waals surface area contributed by atoms with Crippen LogP contribution in [-0.4, -0.2) is 43.1 Å². The third kappa shape index (κ3) is 1.88. The molecule has 0 amide bonds. The van der Waals surface area contributed by atoms with Gasteiger partial charge >= 0.3 is 0 Å². The molecule has 3 atom stereocenters. The van der Waals surface area contributed by atoms with Crippen LogP contribution in [-0.2, 0) is 4.74 Å². The largest absolute Gasteiger partial charge is 0.392 e. The van der Waals surface area contributed by atoms with Crippen LogP contribution in [0, 0.1) is 19.3 Å². The Morgan fingerprint density at radius 1 is 1.62 bits per heavy atom. The van der Waals surface area contributed by atoms with E-state index in [4.69, 9.17) is 16.9 Å². The molecule has 0 saturated carbocycles. The van der Waals surface area contributed by atoms with Crippen LogP contribution in [0.5, 0.6) is 0 Å². The number of nitrogens with zero attached hydrogens (tertiary/aromatic N) is 3. The van der Waals surface area contributed by atoms with Crippen LogP contribution in [0.25, 0.3) is 11.0 Å². The summed E-state index contributed by atoms with van der Waals surface area (Å²) >= 11 is 0. The van der Waals surface area contributed by atoms with E-state index in [-0.39, 0.29) is 6.42 Å². The highest BCUT2D eigenvalue weighted by Crippen LogP contribution is 2.38. The van der Waals surface area contributed by atoms with E-state index in [0.29, 0.717) is 11.5 Å². The van der Waals surface area contributed by atoms with E-state index in [0.717, 1.165) is 10.9 Å². The number of nitrogens with two attached hydrogens (primary N) is 1. The van der Waals surface area contributed by atoms with Crippen molar-refractivity contribution in [1.29, 1.82) is 0 Å². The molecule has 21 heavy (non-hydrogen) atoms. The fourth-order valence-corrected chi connectivity index (χ4v) is 2.76. The maximum absolute atomic E-state index is 10.1. The maximum Gasteiger partial charge on any atom is 0.179 e. The molecule has 4 N–H and O–H groups in total. The average Bonchev–Trinajstić information content (AvgIpc) is 2.98. The molecule has 110 valence electrons. The number of anilines is 1. The molecule has 1 aliphatic heterocycles. The standard InChI is InChI=1S/C14H16N4O3/c1-3-14(6-19)9(20)4-10(21-14)18-5-8(2)11-12(15)16-7-17-13(11)18/h1,5,7,9-10,19-20H,4,6H2,2H3,(H2,15,16,17)/t9-,10+,14+/m0/s1. The quantitative estimate of drug-likeness (QED) is 0.670. The van der Waals surface area contributed by atoms with E-state index < -0.39 is 24.5 Å². The van der Waals surface area contributed by atoms with Gasteiger partial charge in [-0.2, -0.15) is 0 Å². The van der Waals surface area contributed by atoms with Crippen LogP contribution in [0.2, 0.25) is 0 Å². The molecule has 7 heteroatoms. The summed E-state index contributed by atoms with van der Waals surface area (Å²) in [7, 11) is 0. The normalized spacial score (nSPS) is 28.9. The summed E-state index contributed by atoms with van der Waals surface area (Å²) in [6.45, 7) is 1.45. The number of aryl methyl sites for hydroxylation is 1. The molecular weight excluding hydrogens is 272 g/mol. The lowest BCUT2D eigenvalue weighted by Gasteiger charge is -2.23. The van der Waals surface area contributed by atoms with E-state index in [2.05, 4.69) is 15.9 Å². The number of aromatic nitrogens is 3. The second kappa shape index (κ2) is 4.70. The zero-order chi connectivity index (χ0) is 15.2. The van der Waals surface area contributed by atoms with Crippen molar-refractivity contribution in [2.45, 2.75) is 31.3 Å². The van der Waals surface area contributed by atoms with Gasteiger partial charge < -0.3 is 25.3 Å². The Bertz CT molecular complexity index is 736. The van der Waals surface area contributed by atoms with Gasteiger partial charge in [0, 0.05) is 12.6 Å². The van der Waals surface area contributed by atoms with Gasteiger partial charge in [0.2, 0.25) is 0 Å². The summed E-state index contributed by atoms with van der Waals surface area (Å²) in [5.41, 5.74) is 6.01. The second-order valence-corrected chi connectivity index (χ2v) is 5.19. The molecule has 2 aromatic heterocycles.